The summed E-state index contributed by atoms with van der Waals surface area (Å²) in [5.41, 5.74) is -0.348. The largest absolute Gasteiger partial charge is 0.418 e. The summed E-state index contributed by atoms with van der Waals surface area (Å²) >= 11 is 0. The van der Waals surface area contributed by atoms with Crippen LogP contribution in [0.15, 0.2) is 57.7 Å². The molecule has 5 heterocycles. The second-order valence-corrected chi connectivity index (χ2v) is 10.5. The van der Waals surface area contributed by atoms with Crippen LogP contribution in [-0.4, -0.2) is 77.4 Å². The smallest absolute Gasteiger partial charge is 0.379 e. The monoisotopic (exact) mass is 543 g/mol. The molecule has 3 aliphatic rings. The van der Waals surface area contributed by atoms with Gasteiger partial charge in [0.1, 0.15) is 12.8 Å². The molecule has 0 bridgehead atoms. The van der Waals surface area contributed by atoms with Crippen molar-refractivity contribution in [2.24, 2.45) is 10.2 Å². The van der Waals surface area contributed by atoms with Gasteiger partial charge in [-0.15, -0.1) is 0 Å². The van der Waals surface area contributed by atoms with Crippen LogP contribution in [0.5, 0.6) is 0 Å². The minimum absolute atomic E-state index is 0.0870. The zero-order valence-electron chi connectivity index (χ0n) is 21.3. The second kappa shape index (κ2) is 9.57. The van der Waals surface area contributed by atoms with E-state index in [9.17, 15) is 22.8 Å². The number of piperazine rings is 1. The molecule has 2 saturated heterocycles. The lowest BCUT2D eigenvalue weighted by Gasteiger charge is -2.43. The molecule has 1 atom stereocenters. The van der Waals surface area contributed by atoms with Crippen molar-refractivity contribution in [2.45, 2.75) is 30.7 Å². The highest BCUT2D eigenvalue weighted by Gasteiger charge is 2.44. The third-order valence-corrected chi connectivity index (χ3v) is 7.73. The number of aromatic nitrogens is 2. The normalized spacial score (nSPS) is 21.8. The van der Waals surface area contributed by atoms with Crippen LogP contribution in [0.1, 0.15) is 23.1 Å². The number of ether oxygens (including phenoxy) is 1. The van der Waals surface area contributed by atoms with Crippen molar-refractivity contribution >= 4 is 11.4 Å². The Morgan fingerprint density at radius 3 is 2.67 bits per heavy atom. The summed E-state index contributed by atoms with van der Waals surface area (Å²) in [5.74, 6) is -0.182. The van der Waals surface area contributed by atoms with Crippen molar-refractivity contribution < 1.29 is 22.7 Å². The van der Waals surface area contributed by atoms with Gasteiger partial charge < -0.3 is 10.1 Å². The average molecular weight is 544 g/mol. The Morgan fingerprint density at radius 1 is 1.18 bits per heavy atom. The maximum atomic E-state index is 14.1. The summed E-state index contributed by atoms with van der Waals surface area (Å²) in [6.07, 6.45) is -1.40. The lowest BCUT2D eigenvalue weighted by atomic mass is 9.74. The zero-order valence-corrected chi connectivity index (χ0v) is 21.3. The molecule has 3 aliphatic heterocycles. The first-order valence-corrected chi connectivity index (χ1v) is 12.7. The van der Waals surface area contributed by atoms with E-state index in [4.69, 9.17) is 4.74 Å². The van der Waals surface area contributed by atoms with Crippen molar-refractivity contribution in [3.05, 3.63) is 69.9 Å². The molecule has 1 unspecified atom stereocenters. The summed E-state index contributed by atoms with van der Waals surface area (Å²) < 4.78 is 50.3. The lowest BCUT2D eigenvalue weighted by Crippen LogP contribution is -2.50. The van der Waals surface area contributed by atoms with Crippen LogP contribution < -0.4 is 11.0 Å². The molecule has 2 aromatic heterocycles. The molecule has 6 rings (SSSR count). The topological polar surface area (TPSA) is 95.9 Å². The van der Waals surface area contributed by atoms with Crippen LogP contribution in [0.25, 0.3) is 11.2 Å². The Morgan fingerprint density at radius 2 is 2.00 bits per heavy atom. The molecule has 0 saturated carbocycles. The molecule has 39 heavy (non-hydrogen) atoms. The van der Waals surface area contributed by atoms with E-state index in [1.54, 1.807) is 17.0 Å². The van der Waals surface area contributed by atoms with Gasteiger partial charge in [-0.3, -0.25) is 23.6 Å². The molecular formula is C26H28F3N7O3. The van der Waals surface area contributed by atoms with Crippen molar-refractivity contribution in [3.63, 3.8) is 0 Å². The van der Waals surface area contributed by atoms with E-state index in [0.29, 0.717) is 50.6 Å². The third kappa shape index (κ3) is 4.74. The van der Waals surface area contributed by atoms with Gasteiger partial charge in [-0.25, -0.2) is 4.79 Å². The van der Waals surface area contributed by atoms with Crippen LogP contribution in [0, 0.1) is 0 Å². The molecule has 10 nitrogen and oxygen atoms in total. The van der Waals surface area contributed by atoms with Crippen LogP contribution in [0.2, 0.25) is 0 Å². The fourth-order valence-electron chi connectivity index (χ4n) is 5.52. The first-order chi connectivity index (χ1) is 18.6. The van der Waals surface area contributed by atoms with E-state index in [-0.39, 0.29) is 36.1 Å². The van der Waals surface area contributed by atoms with Gasteiger partial charge in [0.25, 0.3) is 0 Å². The highest BCUT2D eigenvalue weighted by molar-refractivity contribution is 5.78. The van der Waals surface area contributed by atoms with Gasteiger partial charge in [0, 0.05) is 37.4 Å². The molecule has 1 amide bonds. The Labute approximate surface area is 221 Å². The molecule has 0 spiro atoms. The van der Waals surface area contributed by atoms with Crippen LogP contribution in [0.4, 0.5) is 13.2 Å². The fraction of sp³-hybridized carbons (Fsp3) is 0.462. The van der Waals surface area contributed by atoms with Crippen LogP contribution in [-0.2, 0) is 27.7 Å². The average Bonchev–Trinajstić information content (AvgIpc) is 3.43. The van der Waals surface area contributed by atoms with Gasteiger partial charge in [0.2, 0.25) is 5.91 Å². The Balaban J connectivity index is 1.38. The fourth-order valence-corrected chi connectivity index (χ4v) is 5.52. The van der Waals surface area contributed by atoms with E-state index in [2.05, 4.69) is 15.5 Å². The van der Waals surface area contributed by atoms with Crippen molar-refractivity contribution in [3.8, 4) is 5.69 Å². The number of rotatable bonds is 6. The molecule has 206 valence electrons. The molecule has 2 fully saturated rings. The second-order valence-electron chi connectivity index (χ2n) is 10.5. The Bertz CT molecular complexity index is 1510. The first-order valence-electron chi connectivity index (χ1n) is 12.7. The van der Waals surface area contributed by atoms with Gasteiger partial charge in [-0.1, -0.05) is 12.1 Å². The summed E-state index contributed by atoms with van der Waals surface area (Å²) in [6, 6.07) is 8.37. The SMILES string of the molecule is CN1CN=NC1CC1(c2cccc(-n3cc4c(C(F)(F)F)cc(CN5CCNC(=O)C5)cn4c3=O)c2)COC1. The maximum absolute atomic E-state index is 14.1. The number of fused-ring (bicyclic) bond motifs is 1. The van der Waals surface area contributed by atoms with E-state index in [0.717, 1.165) is 16.0 Å². The number of carbonyl (C=O) groups is 1. The summed E-state index contributed by atoms with van der Waals surface area (Å²) in [7, 11) is 1.95. The Hall–Kier alpha value is -3.55. The number of nitrogens with zero attached hydrogens (tertiary/aromatic N) is 6. The number of pyridine rings is 1. The minimum atomic E-state index is -4.67. The number of carbonyl (C=O) groups excluding carboxylic acids is 1. The van der Waals surface area contributed by atoms with Crippen LogP contribution in [0.3, 0.4) is 0 Å². The van der Waals surface area contributed by atoms with Gasteiger partial charge in [0.05, 0.1) is 36.5 Å². The van der Waals surface area contributed by atoms with Crippen LogP contribution >= 0.6 is 0 Å². The highest BCUT2D eigenvalue weighted by Crippen LogP contribution is 2.39. The summed E-state index contributed by atoms with van der Waals surface area (Å²) in [5, 5.41) is 11.1. The first kappa shape index (κ1) is 25.7. The maximum Gasteiger partial charge on any atom is 0.418 e. The molecular weight excluding hydrogens is 515 g/mol. The minimum Gasteiger partial charge on any atom is -0.379 e. The molecule has 1 N–H and O–H groups in total. The number of alkyl halides is 3. The molecule has 1 aromatic carbocycles. The predicted octanol–water partition coefficient (Wildman–Crippen LogP) is 2.38. The number of azo groups is 1. The molecule has 13 heteroatoms. The molecule has 0 radical (unpaired) electrons. The van der Waals surface area contributed by atoms with Gasteiger partial charge in [0.15, 0.2) is 0 Å². The summed E-state index contributed by atoms with van der Waals surface area (Å²) in [6.45, 7) is 2.64. The number of nitrogens with one attached hydrogen (secondary N) is 1. The van der Waals surface area contributed by atoms with Crippen molar-refractivity contribution in [2.75, 3.05) is 46.6 Å². The number of amides is 1. The van der Waals surface area contributed by atoms with Crippen molar-refractivity contribution in [1.29, 1.82) is 0 Å². The van der Waals surface area contributed by atoms with Gasteiger partial charge >= 0.3 is 11.9 Å². The molecule has 0 aliphatic carbocycles. The number of halogens is 3. The standard InChI is InChI=1S/C26H28F3N7O3/c1-33-16-31-32-22(33)9-25(14-39-15-25)18-3-2-4-19(8-18)35-12-21-20(26(27,28)29)7-17(11-36(21)24(35)38)10-34-6-5-30-23(37)13-34/h2-4,7-8,11-12,22H,5-6,9-10,13-16H2,1H3,(H,30,37). The number of imidazole rings is 1. The zero-order chi connectivity index (χ0) is 27.4. The lowest BCUT2D eigenvalue weighted by molar-refractivity contribution is -0.136. The van der Waals surface area contributed by atoms with E-state index >= 15 is 0 Å². The van der Waals surface area contributed by atoms with E-state index in [1.807, 2.05) is 24.1 Å². The summed E-state index contributed by atoms with van der Waals surface area (Å²) in [4.78, 5) is 29.0. The number of hydrogen-bond acceptors (Lipinski definition) is 7. The predicted molar refractivity (Wildman–Crippen MR) is 135 cm³/mol. The van der Waals surface area contributed by atoms with Crippen molar-refractivity contribution in [1.82, 2.24) is 24.1 Å². The highest BCUT2D eigenvalue weighted by atomic mass is 19.4. The molecule has 3 aromatic rings. The van der Waals surface area contributed by atoms with E-state index in [1.165, 1.54) is 17.0 Å². The quantitative estimate of drug-likeness (QED) is 0.515. The van der Waals surface area contributed by atoms with Gasteiger partial charge in [-0.05, 0) is 42.8 Å². The number of hydrogen-bond donors (Lipinski definition) is 1. The number of benzene rings is 1. The third-order valence-electron chi connectivity index (χ3n) is 7.73. The van der Waals surface area contributed by atoms with Gasteiger partial charge in [-0.2, -0.15) is 23.4 Å². The van der Waals surface area contributed by atoms with E-state index < -0.39 is 17.4 Å². The Kier molecular flexibility index (Phi) is 6.31.